The van der Waals surface area contributed by atoms with Crippen molar-refractivity contribution >= 4 is 11.7 Å². The Morgan fingerprint density at radius 1 is 1.37 bits per heavy atom. The first-order chi connectivity index (χ1) is 9.10. The number of carbonyl (C=O) groups excluding carboxylic acids is 1. The highest BCUT2D eigenvalue weighted by molar-refractivity contribution is 6.04. The average molecular weight is 259 g/mol. The third-order valence-electron chi connectivity index (χ3n) is 2.74. The van der Waals surface area contributed by atoms with Gasteiger partial charge in [0.15, 0.2) is 0 Å². The van der Waals surface area contributed by atoms with Crippen LogP contribution in [0.3, 0.4) is 0 Å². The highest BCUT2D eigenvalue weighted by Crippen LogP contribution is 2.12. The Labute approximate surface area is 110 Å². The zero-order valence-electron chi connectivity index (χ0n) is 10.5. The van der Waals surface area contributed by atoms with E-state index in [4.69, 9.17) is 5.73 Å². The van der Waals surface area contributed by atoms with Crippen molar-refractivity contribution in [3.8, 4) is 0 Å². The quantitative estimate of drug-likeness (QED) is 0.888. The van der Waals surface area contributed by atoms with Gasteiger partial charge in [0, 0.05) is 18.3 Å². The van der Waals surface area contributed by atoms with Crippen molar-refractivity contribution in [1.29, 1.82) is 0 Å². The van der Waals surface area contributed by atoms with Crippen molar-refractivity contribution in [2.45, 2.75) is 13.5 Å². The molecule has 1 aromatic carbocycles. The molecule has 1 amide bonds. The molecule has 98 valence electrons. The number of aromatic nitrogens is 1. The summed E-state index contributed by atoms with van der Waals surface area (Å²) < 4.78 is 13.0. The van der Waals surface area contributed by atoms with Gasteiger partial charge in [-0.25, -0.2) is 9.37 Å². The summed E-state index contributed by atoms with van der Waals surface area (Å²) in [6.45, 7) is 2.08. The van der Waals surface area contributed by atoms with Crippen LogP contribution in [0.4, 0.5) is 10.2 Å². The molecular formula is C14H14FN3O. The lowest BCUT2D eigenvalue weighted by Crippen LogP contribution is -2.14. The molecule has 0 spiro atoms. The van der Waals surface area contributed by atoms with E-state index in [9.17, 15) is 9.18 Å². The predicted octanol–water partition coefficient (Wildman–Crippen LogP) is 2.24. The summed E-state index contributed by atoms with van der Waals surface area (Å²) in [5.74, 6) is -0.240. The summed E-state index contributed by atoms with van der Waals surface area (Å²) in [5, 5.41) is 2.66. The van der Waals surface area contributed by atoms with E-state index in [2.05, 4.69) is 10.3 Å². The van der Waals surface area contributed by atoms with E-state index < -0.39 is 0 Å². The van der Waals surface area contributed by atoms with Crippen molar-refractivity contribution < 1.29 is 9.18 Å². The second-order valence-electron chi connectivity index (χ2n) is 4.17. The Balaban J connectivity index is 2.15. The molecule has 2 aromatic rings. The van der Waals surface area contributed by atoms with E-state index in [1.165, 1.54) is 18.2 Å². The van der Waals surface area contributed by atoms with Gasteiger partial charge >= 0.3 is 0 Å². The van der Waals surface area contributed by atoms with Crippen LogP contribution < -0.4 is 11.1 Å². The Kier molecular flexibility index (Phi) is 3.87. The van der Waals surface area contributed by atoms with Gasteiger partial charge in [-0.2, -0.15) is 0 Å². The molecular weight excluding hydrogens is 245 g/mol. The van der Waals surface area contributed by atoms with Crippen LogP contribution in [-0.4, -0.2) is 10.9 Å². The number of rotatable bonds is 3. The number of hydrogen-bond acceptors (Lipinski definition) is 3. The van der Waals surface area contributed by atoms with Gasteiger partial charge in [-0.3, -0.25) is 4.79 Å². The Hall–Kier alpha value is -2.27. The maximum atomic E-state index is 13.0. The fraction of sp³-hybridized carbons (Fsp3) is 0.143. The SMILES string of the molecule is Cc1cc(F)ccc1C(=O)Nc1ccc(CN)cn1. The zero-order valence-corrected chi connectivity index (χ0v) is 10.5. The van der Waals surface area contributed by atoms with Crippen LogP contribution in [0.25, 0.3) is 0 Å². The lowest BCUT2D eigenvalue weighted by molar-refractivity contribution is 0.102. The Morgan fingerprint density at radius 3 is 2.74 bits per heavy atom. The van der Waals surface area contributed by atoms with Gasteiger partial charge in [0.1, 0.15) is 11.6 Å². The van der Waals surface area contributed by atoms with Crippen LogP contribution in [-0.2, 0) is 6.54 Å². The number of hydrogen-bond donors (Lipinski definition) is 2. The molecule has 0 fully saturated rings. The monoisotopic (exact) mass is 259 g/mol. The first kappa shape index (κ1) is 13.2. The summed E-state index contributed by atoms with van der Waals surface area (Å²) in [6.07, 6.45) is 1.60. The number of anilines is 1. The van der Waals surface area contributed by atoms with Gasteiger partial charge in [-0.1, -0.05) is 6.07 Å². The van der Waals surface area contributed by atoms with Crippen molar-refractivity contribution in [2.24, 2.45) is 5.73 Å². The van der Waals surface area contributed by atoms with E-state index in [-0.39, 0.29) is 11.7 Å². The molecule has 0 unspecified atom stereocenters. The molecule has 1 heterocycles. The van der Waals surface area contributed by atoms with Crippen LogP contribution in [0.15, 0.2) is 36.5 Å². The van der Waals surface area contributed by atoms with Gasteiger partial charge in [0.25, 0.3) is 5.91 Å². The topological polar surface area (TPSA) is 68.0 Å². The second kappa shape index (κ2) is 5.58. The molecule has 4 nitrogen and oxygen atoms in total. The number of nitrogens with zero attached hydrogens (tertiary/aromatic N) is 1. The van der Waals surface area contributed by atoms with Gasteiger partial charge in [-0.15, -0.1) is 0 Å². The third-order valence-corrected chi connectivity index (χ3v) is 2.74. The van der Waals surface area contributed by atoms with Crippen LogP contribution in [0.5, 0.6) is 0 Å². The van der Waals surface area contributed by atoms with Crippen LogP contribution in [0.1, 0.15) is 21.5 Å². The van der Waals surface area contributed by atoms with E-state index in [0.29, 0.717) is 23.5 Å². The molecule has 0 atom stereocenters. The van der Waals surface area contributed by atoms with Gasteiger partial charge < -0.3 is 11.1 Å². The highest BCUT2D eigenvalue weighted by Gasteiger charge is 2.10. The fourth-order valence-electron chi connectivity index (χ4n) is 1.68. The molecule has 1 aromatic heterocycles. The van der Waals surface area contributed by atoms with Crippen LogP contribution in [0.2, 0.25) is 0 Å². The largest absolute Gasteiger partial charge is 0.326 e. The van der Waals surface area contributed by atoms with Gasteiger partial charge in [0.2, 0.25) is 0 Å². The normalized spacial score (nSPS) is 10.3. The zero-order chi connectivity index (χ0) is 13.8. The maximum Gasteiger partial charge on any atom is 0.257 e. The summed E-state index contributed by atoms with van der Waals surface area (Å²) in [5.41, 5.74) is 7.35. The summed E-state index contributed by atoms with van der Waals surface area (Å²) in [4.78, 5) is 16.1. The first-order valence-corrected chi connectivity index (χ1v) is 5.82. The minimum absolute atomic E-state index is 0.314. The van der Waals surface area contributed by atoms with Gasteiger partial charge in [0.05, 0.1) is 0 Å². The van der Waals surface area contributed by atoms with Crippen LogP contribution in [0, 0.1) is 12.7 Å². The van der Waals surface area contributed by atoms with Crippen LogP contribution >= 0.6 is 0 Å². The van der Waals surface area contributed by atoms with Crippen molar-refractivity contribution in [3.63, 3.8) is 0 Å². The van der Waals surface area contributed by atoms with Crippen molar-refractivity contribution in [1.82, 2.24) is 4.98 Å². The molecule has 2 rings (SSSR count). The summed E-state index contributed by atoms with van der Waals surface area (Å²) in [7, 11) is 0. The number of nitrogens with two attached hydrogens (primary N) is 1. The summed E-state index contributed by atoms with van der Waals surface area (Å²) in [6, 6.07) is 7.50. The number of carbonyl (C=O) groups is 1. The number of nitrogens with one attached hydrogen (secondary N) is 1. The van der Waals surface area contributed by atoms with Gasteiger partial charge in [-0.05, 0) is 42.3 Å². The number of amides is 1. The van der Waals surface area contributed by atoms with Crippen molar-refractivity contribution in [2.75, 3.05) is 5.32 Å². The third kappa shape index (κ3) is 3.14. The Morgan fingerprint density at radius 2 is 2.16 bits per heavy atom. The molecule has 3 N–H and O–H groups in total. The number of pyridine rings is 1. The van der Waals surface area contributed by atoms with Crippen molar-refractivity contribution in [3.05, 3.63) is 59.0 Å². The molecule has 0 aliphatic heterocycles. The molecule has 0 aliphatic carbocycles. The first-order valence-electron chi connectivity index (χ1n) is 5.82. The summed E-state index contributed by atoms with van der Waals surface area (Å²) >= 11 is 0. The molecule has 5 heteroatoms. The molecule has 0 bridgehead atoms. The number of benzene rings is 1. The Bertz CT molecular complexity index is 596. The molecule has 0 saturated carbocycles. The predicted molar refractivity (Wildman–Crippen MR) is 71.2 cm³/mol. The molecule has 19 heavy (non-hydrogen) atoms. The fourth-order valence-corrected chi connectivity index (χ4v) is 1.68. The number of aryl methyl sites for hydroxylation is 1. The lowest BCUT2D eigenvalue weighted by Gasteiger charge is -2.07. The minimum atomic E-state index is -0.362. The van der Waals surface area contributed by atoms with E-state index in [1.54, 1.807) is 25.3 Å². The molecule has 0 aliphatic rings. The second-order valence-corrected chi connectivity index (χ2v) is 4.17. The smallest absolute Gasteiger partial charge is 0.257 e. The maximum absolute atomic E-state index is 13.0. The highest BCUT2D eigenvalue weighted by atomic mass is 19.1. The van der Waals surface area contributed by atoms with E-state index in [1.807, 2.05) is 0 Å². The minimum Gasteiger partial charge on any atom is -0.326 e. The average Bonchev–Trinajstić information content (AvgIpc) is 2.39. The van der Waals surface area contributed by atoms with E-state index >= 15 is 0 Å². The standard InChI is InChI=1S/C14H14FN3O/c1-9-6-11(15)3-4-12(9)14(19)18-13-5-2-10(7-16)8-17-13/h2-6,8H,7,16H2,1H3,(H,17,18,19). The van der Waals surface area contributed by atoms with E-state index in [0.717, 1.165) is 5.56 Å². The number of halogens is 1. The molecule has 0 radical (unpaired) electrons. The lowest BCUT2D eigenvalue weighted by atomic mass is 10.1. The molecule has 0 saturated heterocycles.